The van der Waals surface area contributed by atoms with E-state index in [1.807, 2.05) is 12.2 Å². The summed E-state index contributed by atoms with van der Waals surface area (Å²) in [5.41, 5.74) is -0.536. The number of hydrogen-bond donors (Lipinski definition) is 1. The van der Waals surface area contributed by atoms with Crippen LogP contribution in [-0.4, -0.2) is 34.5 Å². The molecule has 0 radical (unpaired) electrons. The molecule has 30 heavy (non-hydrogen) atoms. The van der Waals surface area contributed by atoms with E-state index in [1.54, 1.807) is 12.2 Å². The van der Waals surface area contributed by atoms with E-state index in [-0.39, 0.29) is 18.0 Å². The summed E-state index contributed by atoms with van der Waals surface area (Å²) in [4.78, 5) is 11.5. The van der Waals surface area contributed by atoms with Crippen LogP contribution in [0.3, 0.4) is 0 Å². The van der Waals surface area contributed by atoms with E-state index in [9.17, 15) is 9.90 Å². The maximum absolute atomic E-state index is 11.5. The zero-order valence-electron chi connectivity index (χ0n) is 18.9. The van der Waals surface area contributed by atoms with Gasteiger partial charge >= 0.3 is 0 Å². The maximum Gasteiger partial charge on any atom is 0.178 e. The van der Waals surface area contributed by atoms with Crippen molar-refractivity contribution in [3.8, 4) is 0 Å². The summed E-state index contributed by atoms with van der Waals surface area (Å²) < 4.78 is 12.8. The van der Waals surface area contributed by atoms with E-state index < -0.39 is 11.4 Å². The van der Waals surface area contributed by atoms with Gasteiger partial charge in [0.2, 0.25) is 0 Å². The van der Waals surface area contributed by atoms with Crippen molar-refractivity contribution >= 4 is 5.78 Å². The zero-order valence-corrected chi connectivity index (χ0v) is 18.9. The van der Waals surface area contributed by atoms with Gasteiger partial charge in [0.05, 0.1) is 12.2 Å². The lowest BCUT2D eigenvalue weighted by Crippen LogP contribution is -2.47. The topological polar surface area (TPSA) is 55.8 Å². The van der Waals surface area contributed by atoms with E-state index in [1.165, 1.54) is 64.2 Å². The Hall–Kier alpha value is -0.970. The van der Waals surface area contributed by atoms with Crippen LogP contribution in [0.15, 0.2) is 24.3 Å². The first-order valence-electron chi connectivity index (χ1n) is 12.5. The van der Waals surface area contributed by atoms with Gasteiger partial charge in [-0.1, -0.05) is 77.6 Å². The number of ketones is 1. The van der Waals surface area contributed by atoms with E-state index in [0.717, 1.165) is 25.7 Å². The third-order valence-electron chi connectivity index (χ3n) is 6.92. The highest BCUT2D eigenvalue weighted by Crippen LogP contribution is 2.47. The number of unbranched alkanes of at least 4 members (excludes halogenated alkanes) is 10. The summed E-state index contributed by atoms with van der Waals surface area (Å²) in [5.74, 6) is -0.695. The molecule has 2 heterocycles. The van der Waals surface area contributed by atoms with Crippen molar-refractivity contribution in [3.63, 3.8) is 0 Å². The largest absolute Gasteiger partial charge is 0.393 e. The molecule has 2 aliphatic heterocycles. The molecule has 0 amide bonds. The molecule has 0 aromatic heterocycles. The van der Waals surface area contributed by atoms with Crippen LogP contribution in [0.1, 0.15) is 110 Å². The summed E-state index contributed by atoms with van der Waals surface area (Å²) in [6.45, 7) is 2.27. The monoisotopic (exact) mass is 418 g/mol. The number of carbonyl (C=O) groups excluding carboxylic acids is 1. The minimum Gasteiger partial charge on any atom is -0.393 e. The molecule has 2 spiro atoms. The first kappa shape index (κ1) is 23.7. The van der Waals surface area contributed by atoms with Gasteiger partial charge in [-0.25, -0.2) is 0 Å². The maximum atomic E-state index is 11.5. The lowest BCUT2D eigenvalue weighted by molar-refractivity contribution is -0.292. The molecule has 0 bridgehead atoms. The van der Waals surface area contributed by atoms with Gasteiger partial charge in [-0.15, -0.1) is 0 Å². The Labute approximate surface area is 183 Å². The fourth-order valence-electron chi connectivity index (χ4n) is 5.21. The number of allylic oxidation sites excluding steroid dienone is 2. The number of aliphatic hydroxyl groups is 1. The molecule has 0 unspecified atom stereocenters. The molecule has 1 aliphatic carbocycles. The van der Waals surface area contributed by atoms with Crippen LogP contribution in [0.2, 0.25) is 0 Å². The highest BCUT2D eigenvalue weighted by molar-refractivity contribution is 6.00. The summed E-state index contributed by atoms with van der Waals surface area (Å²) >= 11 is 0. The minimum atomic E-state index is -0.699. The van der Waals surface area contributed by atoms with Crippen LogP contribution in [-0.2, 0) is 14.3 Å². The fraction of sp³-hybridized carbons (Fsp3) is 0.808. The predicted molar refractivity (Wildman–Crippen MR) is 120 cm³/mol. The molecule has 170 valence electrons. The molecule has 1 N–H and O–H groups in total. The standard InChI is InChI=1S/C26H42O4/c1-2-3-4-5-6-7-8-9-10-11-12-13-24-20-23(28)21-26(29-24)19-18-25(30-26)16-14-22(27)15-17-25/h14-17,23-24,28H,2-13,18-21H2,1H3/t23-,24+,26+/m0/s1. The SMILES string of the molecule is CCCCCCCCCCCCC[C@@H]1C[C@H](O)C[C@]2(CCC3(C=CC(=O)C=C3)O2)O1. The van der Waals surface area contributed by atoms with Gasteiger partial charge in [0.1, 0.15) is 5.60 Å². The van der Waals surface area contributed by atoms with Crippen molar-refractivity contribution in [1.82, 2.24) is 0 Å². The van der Waals surface area contributed by atoms with Crippen molar-refractivity contribution in [3.05, 3.63) is 24.3 Å². The molecule has 3 aliphatic rings. The Morgan fingerprint density at radius 2 is 1.53 bits per heavy atom. The van der Waals surface area contributed by atoms with Crippen molar-refractivity contribution < 1.29 is 19.4 Å². The Bertz CT molecular complexity index is 580. The number of aliphatic hydroxyl groups excluding tert-OH is 1. The van der Waals surface area contributed by atoms with E-state index in [4.69, 9.17) is 9.47 Å². The average molecular weight is 419 g/mol. The van der Waals surface area contributed by atoms with Crippen molar-refractivity contribution in [2.24, 2.45) is 0 Å². The van der Waals surface area contributed by atoms with Crippen molar-refractivity contribution in [1.29, 1.82) is 0 Å². The second-order valence-electron chi connectivity index (χ2n) is 9.69. The number of ether oxygens (including phenoxy) is 2. The Morgan fingerprint density at radius 3 is 2.17 bits per heavy atom. The normalized spacial score (nSPS) is 30.0. The van der Waals surface area contributed by atoms with Crippen LogP contribution in [0.4, 0.5) is 0 Å². The van der Waals surface area contributed by atoms with E-state index in [2.05, 4.69) is 6.92 Å². The predicted octanol–water partition coefficient (Wildman–Crippen LogP) is 6.17. The second kappa shape index (κ2) is 11.6. The van der Waals surface area contributed by atoms with Gasteiger partial charge in [0.15, 0.2) is 11.6 Å². The Morgan fingerprint density at radius 1 is 0.933 bits per heavy atom. The van der Waals surface area contributed by atoms with Gasteiger partial charge < -0.3 is 14.6 Å². The molecule has 3 atom stereocenters. The van der Waals surface area contributed by atoms with Crippen LogP contribution < -0.4 is 0 Å². The van der Waals surface area contributed by atoms with Crippen LogP contribution in [0, 0.1) is 0 Å². The molecule has 2 fully saturated rings. The third kappa shape index (κ3) is 7.03. The summed E-state index contributed by atoms with van der Waals surface area (Å²) in [6.07, 6.45) is 25.1. The zero-order chi connectivity index (χ0) is 21.3. The lowest BCUT2D eigenvalue weighted by atomic mass is 9.91. The highest BCUT2D eigenvalue weighted by atomic mass is 16.7. The third-order valence-corrected chi connectivity index (χ3v) is 6.92. The van der Waals surface area contributed by atoms with Crippen LogP contribution in [0.25, 0.3) is 0 Å². The number of rotatable bonds is 12. The minimum absolute atomic E-state index is 0.00384. The molecule has 0 saturated carbocycles. The van der Waals surface area contributed by atoms with Gasteiger partial charge in [0, 0.05) is 12.8 Å². The summed E-state index contributed by atoms with van der Waals surface area (Å²) in [6, 6.07) is 0. The van der Waals surface area contributed by atoms with Crippen molar-refractivity contribution in [2.45, 2.75) is 133 Å². The van der Waals surface area contributed by atoms with Crippen LogP contribution >= 0.6 is 0 Å². The number of hydrogen-bond acceptors (Lipinski definition) is 4. The first-order chi connectivity index (χ1) is 14.5. The second-order valence-corrected chi connectivity index (χ2v) is 9.69. The first-order valence-corrected chi connectivity index (χ1v) is 12.5. The Kier molecular flexibility index (Phi) is 9.15. The highest BCUT2D eigenvalue weighted by Gasteiger charge is 2.52. The average Bonchev–Trinajstić information content (AvgIpc) is 3.05. The molecule has 3 rings (SSSR count). The summed E-state index contributed by atoms with van der Waals surface area (Å²) in [7, 11) is 0. The summed E-state index contributed by atoms with van der Waals surface area (Å²) in [5, 5.41) is 10.5. The lowest BCUT2D eigenvalue weighted by Gasteiger charge is -2.42. The molecule has 0 aromatic rings. The molecular weight excluding hydrogens is 376 g/mol. The Balaban J connectivity index is 1.31. The fourth-order valence-corrected chi connectivity index (χ4v) is 5.21. The van der Waals surface area contributed by atoms with Crippen LogP contribution in [0.5, 0.6) is 0 Å². The molecule has 4 nitrogen and oxygen atoms in total. The van der Waals surface area contributed by atoms with E-state index in [0.29, 0.717) is 12.8 Å². The molecule has 2 saturated heterocycles. The molecular formula is C26H42O4. The molecule has 4 heteroatoms. The molecule has 0 aromatic carbocycles. The quantitative estimate of drug-likeness (QED) is 0.385. The van der Waals surface area contributed by atoms with Gasteiger partial charge in [-0.3, -0.25) is 4.79 Å². The number of carbonyl (C=O) groups is 1. The van der Waals surface area contributed by atoms with Gasteiger partial charge in [0.25, 0.3) is 0 Å². The van der Waals surface area contributed by atoms with Crippen molar-refractivity contribution in [2.75, 3.05) is 0 Å². The van der Waals surface area contributed by atoms with Gasteiger partial charge in [-0.05, 0) is 43.6 Å². The smallest absolute Gasteiger partial charge is 0.178 e. The van der Waals surface area contributed by atoms with E-state index >= 15 is 0 Å². The van der Waals surface area contributed by atoms with Gasteiger partial charge in [-0.2, -0.15) is 0 Å².